The average molecular weight is 323 g/mol. The molecule has 0 saturated carbocycles. The lowest BCUT2D eigenvalue weighted by Gasteiger charge is -2.09. The fourth-order valence-corrected chi connectivity index (χ4v) is 2.19. The highest BCUT2D eigenvalue weighted by atomic mass is 79.9. The van der Waals surface area contributed by atoms with Gasteiger partial charge < -0.3 is 11.1 Å². The Kier molecular flexibility index (Phi) is 3.61. The van der Waals surface area contributed by atoms with Crippen molar-refractivity contribution in [3.8, 4) is 0 Å². The van der Waals surface area contributed by atoms with Crippen LogP contribution in [0.4, 0.5) is 11.5 Å². The Labute approximate surface area is 119 Å². The van der Waals surface area contributed by atoms with Crippen molar-refractivity contribution in [1.29, 1.82) is 0 Å². The van der Waals surface area contributed by atoms with Gasteiger partial charge in [0.25, 0.3) is 5.91 Å². The maximum Gasteiger partial charge on any atom is 0.257 e. The molecule has 1 aromatic heterocycles. The summed E-state index contributed by atoms with van der Waals surface area (Å²) in [6.45, 7) is 5.62. The van der Waals surface area contributed by atoms with Gasteiger partial charge in [-0.05, 0) is 38.5 Å². The number of carbonyl (C=O) groups is 1. The van der Waals surface area contributed by atoms with Gasteiger partial charge in [-0.25, -0.2) is 0 Å². The van der Waals surface area contributed by atoms with Crippen LogP contribution >= 0.6 is 15.9 Å². The van der Waals surface area contributed by atoms with Crippen molar-refractivity contribution < 1.29 is 4.79 Å². The lowest BCUT2D eigenvalue weighted by Crippen LogP contribution is -2.15. The van der Waals surface area contributed by atoms with Crippen molar-refractivity contribution in [1.82, 2.24) is 10.2 Å². The minimum Gasteiger partial charge on any atom is -0.398 e. The molecular formula is C13H15BrN4O. The first-order chi connectivity index (χ1) is 8.90. The summed E-state index contributed by atoms with van der Waals surface area (Å²) >= 11 is 3.34. The molecule has 6 heteroatoms. The topological polar surface area (TPSA) is 83.8 Å². The van der Waals surface area contributed by atoms with E-state index in [0.29, 0.717) is 17.1 Å². The van der Waals surface area contributed by atoms with Gasteiger partial charge in [-0.15, -0.1) is 0 Å². The zero-order valence-electron chi connectivity index (χ0n) is 11.0. The van der Waals surface area contributed by atoms with Gasteiger partial charge >= 0.3 is 0 Å². The number of aromatic amines is 1. The summed E-state index contributed by atoms with van der Waals surface area (Å²) in [5.74, 6) is 0.320. The molecule has 1 heterocycles. The monoisotopic (exact) mass is 322 g/mol. The minimum absolute atomic E-state index is 0.222. The number of aromatic nitrogens is 2. The van der Waals surface area contributed by atoms with Crippen molar-refractivity contribution in [3.63, 3.8) is 0 Å². The highest BCUT2D eigenvalue weighted by Crippen LogP contribution is 2.24. The SMILES string of the molecule is Cc1[nH]nc(NC(=O)c2cc(Br)cc(N)c2C)c1C. The van der Waals surface area contributed by atoms with Crippen molar-refractivity contribution >= 4 is 33.3 Å². The molecule has 5 nitrogen and oxygen atoms in total. The van der Waals surface area contributed by atoms with Crippen LogP contribution in [0.2, 0.25) is 0 Å². The first-order valence-electron chi connectivity index (χ1n) is 5.78. The number of rotatable bonds is 2. The normalized spacial score (nSPS) is 10.5. The van der Waals surface area contributed by atoms with Crippen LogP contribution in [0, 0.1) is 20.8 Å². The highest BCUT2D eigenvalue weighted by molar-refractivity contribution is 9.10. The van der Waals surface area contributed by atoms with Crippen LogP contribution in [0.15, 0.2) is 16.6 Å². The van der Waals surface area contributed by atoms with E-state index >= 15 is 0 Å². The van der Waals surface area contributed by atoms with E-state index in [1.807, 2.05) is 20.8 Å². The zero-order valence-corrected chi connectivity index (χ0v) is 12.6. The summed E-state index contributed by atoms with van der Waals surface area (Å²) in [6.07, 6.45) is 0. The summed E-state index contributed by atoms with van der Waals surface area (Å²) in [5.41, 5.74) is 9.58. The van der Waals surface area contributed by atoms with E-state index in [4.69, 9.17) is 5.73 Å². The quantitative estimate of drug-likeness (QED) is 0.743. The molecule has 0 bridgehead atoms. The van der Waals surface area contributed by atoms with Crippen molar-refractivity contribution in [2.75, 3.05) is 11.1 Å². The zero-order chi connectivity index (χ0) is 14.2. The van der Waals surface area contributed by atoms with Gasteiger partial charge in [-0.2, -0.15) is 5.10 Å². The van der Waals surface area contributed by atoms with Gasteiger partial charge in [-0.3, -0.25) is 9.89 Å². The molecule has 4 N–H and O–H groups in total. The van der Waals surface area contributed by atoms with Crippen LogP contribution in [0.3, 0.4) is 0 Å². The molecule has 0 unspecified atom stereocenters. The first kappa shape index (κ1) is 13.6. The summed E-state index contributed by atoms with van der Waals surface area (Å²) < 4.78 is 0.774. The maximum atomic E-state index is 12.3. The van der Waals surface area contributed by atoms with E-state index in [9.17, 15) is 4.79 Å². The third-order valence-corrected chi connectivity index (χ3v) is 3.60. The smallest absolute Gasteiger partial charge is 0.257 e. The van der Waals surface area contributed by atoms with Gasteiger partial charge in [0.1, 0.15) is 0 Å². The predicted molar refractivity (Wildman–Crippen MR) is 79.3 cm³/mol. The fourth-order valence-electron chi connectivity index (χ4n) is 1.72. The predicted octanol–water partition coefficient (Wildman–Crippen LogP) is 2.93. The molecule has 19 heavy (non-hydrogen) atoms. The van der Waals surface area contributed by atoms with E-state index in [1.165, 1.54) is 0 Å². The fraction of sp³-hybridized carbons (Fsp3) is 0.231. The van der Waals surface area contributed by atoms with Crippen molar-refractivity contribution in [2.24, 2.45) is 0 Å². The number of nitrogens with one attached hydrogen (secondary N) is 2. The summed E-state index contributed by atoms with van der Waals surface area (Å²) in [5, 5.41) is 9.67. The Balaban J connectivity index is 2.33. The summed E-state index contributed by atoms with van der Waals surface area (Å²) in [4.78, 5) is 12.3. The number of carbonyl (C=O) groups excluding carboxylic acids is 1. The van der Waals surface area contributed by atoms with Gasteiger partial charge in [0.05, 0.1) is 0 Å². The Bertz CT molecular complexity index is 648. The highest BCUT2D eigenvalue weighted by Gasteiger charge is 2.15. The number of anilines is 2. The molecule has 0 spiro atoms. The number of hydrogen-bond acceptors (Lipinski definition) is 3. The molecule has 2 rings (SSSR count). The molecule has 0 aliphatic heterocycles. The number of benzene rings is 1. The number of H-pyrrole nitrogens is 1. The molecular weight excluding hydrogens is 308 g/mol. The Hall–Kier alpha value is -1.82. The second kappa shape index (κ2) is 5.05. The Morgan fingerprint density at radius 3 is 2.58 bits per heavy atom. The largest absolute Gasteiger partial charge is 0.398 e. The van der Waals surface area contributed by atoms with E-state index in [2.05, 4.69) is 31.4 Å². The standard InChI is InChI=1S/C13H15BrN4O/c1-6-8(3)17-18-12(6)16-13(19)10-4-9(14)5-11(15)7(10)2/h4-5H,15H2,1-3H3,(H2,16,17,18,19). The molecule has 0 radical (unpaired) electrons. The number of halogens is 1. The van der Waals surface area contributed by atoms with Crippen LogP contribution in [0.25, 0.3) is 0 Å². The Morgan fingerprint density at radius 1 is 1.32 bits per heavy atom. The van der Waals surface area contributed by atoms with E-state index < -0.39 is 0 Å². The molecule has 0 fully saturated rings. The molecule has 100 valence electrons. The summed E-state index contributed by atoms with van der Waals surface area (Å²) in [7, 11) is 0. The second-order valence-corrected chi connectivity index (χ2v) is 5.36. The third-order valence-electron chi connectivity index (χ3n) is 3.14. The van der Waals surface area contributed by atoms with Crippen molar-refractivity contribution in [2.45, 2.75) is 20.8 Å². The number of aryl methyl sites for hydroxylation is 1. The van der Waals surface area contributed by atoms with Gasteiger partial charge in [0.2, 0.25) is 0 Å². The van der Waals surface area contributed by atoms with Crippen LogP contribution in [-0.2, 0) is 0 Å². The van der Waals surface area contributed by atoms with Gasteiger partial charge in [0.15, 0.2) is 5.82 Å². The lowest BCUT2D eigenvalue weighted by molar-refractivity contribution is 0.102. The molecule has 1 aromatic carbocycles. The first-order valence-corrected chi connectivity index (χ1v) is 6.58. The second-order valence-electron chi connectivity index (χ2n) is 4.44. The molecule has 0 aliphatic rings. The molecule has 2 aromatic rings. The number of nitrogens with zero attached hydrogens (tertiary/aromatic N) is 1. The van der Waals surface area contributed by atoms with Gasteiger partial charge in [-0.1, -0.05) is 15.9 Å². The average Bonchev–Trinajstić information content (AvgIpc) is 2.65. The van der Waals surface area contributed by atoms with E-state index in [1.54, 1.807) is 12.1 Å². The van der Waals surface area contributed by atoms with Crippen LogP contribution in [0.1, 0.15) is 27.2 Å². The van der Waals surface area contributed by atoms with Crippen molar-refractivity contribution in [3.05, 3.63) is 39.0 Å². The van der Waals surface area contributed by atoms with E-state index in [0.717, 1.165) is 21.3 Å². The summed E-state index contributed by atoms with van der Waals surface area (Å²) in [6, 6.07) is 3.52. The number of hydrogen-bond donors (Lipinski definition) is 3. The number of nitrogen functional groups attached to an aromatic ring is 1. The molecule has 1 amide bonds. The maximum absolute atomic E-state index is 12.3. The number of nitrogens with two attached hydrogens (primary N) is 1. The van der Waals surface area contributed by atoms with Gasteiger partial charge in [0, 0.05) is 27.0 Å². The number of amides is 1. The third kappa shape index (κ3) is 2.63. The van der Waals surface area contributed by atoms with E-state index in [-0.39, 0.29) is 5.91 Å². The van der Waals surface area contributed by atoms with Crippen LogP contribution < -0.4 is 11.1 Å². The lowest BCUT2D eigenvalue weighted by atomic mass is 10.1. The van der Waals surface area contributed by atoms with Crippen LogP contribution in [0.5, 0.6) is 0 Å². The minimum atomic E-state index is -0.222. The molecule has 0 aliphatic carbocycles. The molecule has 0 atom stereocenters. The van der Waals surface area contributed by atoms with Crippen LogP contribution in [-0.4, -0.2) is 16.1 Å². The molecule has 0 saturated heterocycles. The Morgan fingerprint density at radius 2 is 2.00 bits per heavy atom.